The summed E-state index contributed by atoms with van der Waals surface area (Å²) < 4.78 is 0. The molecular weight excluding hydrogens is 268 g/mol. The molecule has 1 heteroatoms. The third kappa shape index (κ3) is 1.82. The van der Waals surface area contributed by atoms with Crippen LogP contribution in [0.3, 0.4) is 0 Å². The minimum absolute atomic E-state index is 0.0966. The first-order valence-corrected chi connectivity index (χ1v) is 8.40. The van der Waals surface area contributed by atoms with Crippen LogP contribution in [0.4, 0.5) is 0 Å². The van der Waals surface area contributed by atoms with Crippen molar-refractivity contribution in [3.8, 4) is 0 Å². The Kier molecular flexibility index (Phi) is 2.99. The van der Waals surface area contributed by atoms with Gasteiger partial charge in [-0.25, -0.2) is 0 Å². The highest BCUT2D eigenvalue weighted by Crippen LogP contribution is 2.64. The van der Waals surface area contributed by atoms with Gasteiger partial charge in [0.15, 0.2) is 0 Å². The fourth-order valence-electron chi connectivity index (χ4n) is 4.91. The maximum atomic E-state index is 11.7. The molecule has 3 atom stereocenters. The topological polar surface area (TPSA) is 20.2 Å². The van der Waals surface area contributed by atoms with Crippen molar-refractivity contribution in [2.45, 2.75) is 50.5 Å². The second-order valence-electron chi connectivity index (χ2n) is 7.49. The standard InChI is InChI=1S/C21H24O/c1-15-3-7-18(8-4-15)20-12-11-17(13-20)14-21(20,22)19-9-5-16(2)6-10-19/h3-10,17,22H,11-14H2,1-2H3/t17-,20+,21+/m1/s1. The van der Waals surface area contributed by atoms with Gasteiger partial charge in [-0.15, -0.1) is 0 Å². The van der Waals surface area contributed by atoms with E-state index in [2.05, 4.69) is 62.4 Å². The molecule has 4 rings (SSSR count). The van der Waals surface area contributed by atoms with Gasteiger partial charge >= 0.3 is 0 Å². The quantitative estimate of drug-likeness (QED) is 0.855. The summed E-state index contributed by atoms with van der Waals surface area (Å²) in [6.07, 6.45) is 4.39. The van der Waals surface area contributed by atoms with Crippen LogP contribution in [0.25, 0.3) is 0 Å². The number of hydrogen-bond donors (Lipinski definition) is 1. The Bertz CT molecular complexity index is 683. The molecule has 2 aliphatic carbocycles. The van der Waals surface area contributed by atoms with Crippen molar-refractivity contribution in [3.05, 3.63) is 70.8 Å². The molecule has 0 radical (unpaired) electrons. The zero-order valence-electron chi connectivity index (χ0n) is 13.5. The van der Waals surface area contributed by atoms with Crippen LogP contribution in [0, 0.1) is 19.8 Å². The predicted molar refractivity (Wildman–Crippen MR) is 89.9 cm³/mol. The van der Waals surface area contributed by atoms with Crippen LogP contribution in [-0.2, 0) is 11.0 Å². The zero-order valence-corrected chi connectivity index (χ0v) is 13.5. The molecule has 1 nitrogen and oxygen atoms in total. The summed E-state index contributed by atoms with van der Waals surface area (Å²) in [6, 6.07) is 17.4. The van der Waals surface area contributed by atoms with Crippen LogP contribution < -0.4 is 0 Å². The van der Waals surface area contributed by atoms with E-state index in [1.54, 1.807) is 0 Å². The number of benzene rings is 2. The van der Waals surface area contributed by atoms with Crippen LogP contribution >= 0.6 is 0 Å². The Morgan fingerprint density at radius 2 is 1.36 bits per heavy atom. The smallest absolute Gasteiger partial charge is 0.0995 e. The minimum Gasteiger partial charge on any atom is -0.384 e. The molecule has 0 unspecified atom stereocenters. The fraction of sp³-hybridized carbons (Fsp3) is 0.429. The molecule has 0 saturated heterocycles. The summed E-state index contributed by atoms with van der Waals surface area (Å²) in [5.41, 5.74) is 4.15. The van der Waals surface area contributed by atoms with Crippen molar-refractivity contribution in [2.75, 3.05) is 0 Å². The second kappa shape index (κ2) is 4.70. The third-order valence-electron chi connectivity index (χ3n) is 6.13. The molecule has 114 valence electrons. The van der Waals surface area contributed by atoms with Gasteiger partial charge in [-0.3, -0.25) is 0 Å². The van der Waals surface area contributed by atoms with E-state index < -0.39 is 5.60 Å². The summed E-state index contributed by atoms with van der Waals surface area (Å²) in [4.78, 5) is 0. The van der Waals surface area contributed by atoms with E-state index in [9.17, 15) is 5.11 Å². The lowest BCUT2D eigenvalue weighted by Crippen LogP contribution is -2.45. The van der Waals surface area contributed by atoms with E-state index in [0.717, 1.165) is 24.8 Å². The first-order valence-electron chi connectivity index (χ1n) is 8.40. The largest absolute Gasteiger partial charge is 0.384 e. The van der Waals surface area contributed by atoms with Gasteiger partial charge in [-0.05, 0) is 56.6 Å². The van der Waals surface area contributed by atoms with Crippen LogP contribution in [0.5, 0.6) is 0 Å². The molecule has 2 aliphatic rings. The molecule has 2 aromatic carbocycles. The molecule has 2 bridgehead atoms. The van der Waals surface area contributed by atoms with E-state index in [1.165, 1.54) is 23.1 Å². The average molecular weight is 292 g/mol. The maximum Gasteiger partial charge on any atom is 0.0995 e. The normalized spacial score (nSPS) is 33.3. The highest BCUT2D eigenvalue weighted by Gasteiger charge is 2.62. The van der Waals surface area contributed by atoms with Crippen LogP contribution in [-0.4, -0.2) is 5.11 Å². The molecule has 2 saturated carbocycles. The Balaban J connectivity index is 1.85. The molecule has 0 spiro atoms. The van der Waals surface area contributed by atoms with Crippen molar-refractivity contribution in [2.24, 2.45) is 5.92 Å². The Hall–Kier alpha value is -1.60. The lowest BCUT2D eigenvalue weighted by Gasteiger charge is -2.44. The number of aliphatic hydroxyl groups is 1. The van der Waals surface area contributed by atoms with E-state index >= 15 is 0 Å². The third-order valence-corrected chi connectivity index (χ3v) is 6.13. The summed E-state index contributed by atoms with van der Waals surface area (Å²) in [5, 5.41) is 11.7. The molecule has 0 aliphatic heterocycles. The Morgan fingerprint density at radius 1 is 0.818 bits per heavy atom. The molecule has 2 fully saturated rings. The zero-order chi connectivity index (χ0) is 15.4. The van der Waals surface area contributed by atoms with E-state index in [4.69, 9.17) is 0 Å². The molecule has 0 heterocycles. The van der Waals surface area contributed by atoms with Gasteiger partial charge in [-0.1, -0.05) is 59.7 Å². The molecule has 1 N–H and O–H groups in total. The highest BCUT2D eigenvalue weighted by molar-refractivity contribution is 5.42. The van der Waals surface area contributed by atoms with Crippen molar-refractivity contribution >= 4 is 0 Å². The van der Waals surface area contributed by atoms with Crippen molar-refractivity contribution in [1.29, 1.82) is 0 Å². The SMILES string of the molecule is Cc1ccc([C@]23CC[C@H](C2)C[C@]3(O)c2ccc(C)cc2)cc1. The average Bonchev–Trinajstić information content (AvgIpc) is 3.05. The van der Waals surface area contributed by atoms with Crippen molar-refractivity contribution < 1.29 is 5.11 Å². The maximum absolute atomic E-state index is 11.7. The number of aryl methyl sites for hydroxylation is 2. The number of rotatable bonds is 2. The van der Waals surface area contributed by atoms with E-state index in [-0.39, 0.29) is 5.41 Å². The monoisotopic (exact) mass is 292 g/mol. The Labute approximate surface area is 133 Å². The van der Waals surface area contributed by atoms with Gasteiger partial charge in [0.2, 0.25) is 0 Å². The molecular formula is C21H24O. The van der Waals surface area contributed by atoms with Crippen LogP contribution in [0.1, 0.15) is 47.9 Å². The van der Waals surface area contributed by atoms with Crippen LogP contribution in [0.15, 0.2) is 48.5 Å². The second-order valence-corrected chi connectivity index (χ2v) is 7.49. The first-order chi connectivity index (χ1) is 10.5. The molecule has 2 aromatic rings. The van der Waals surface area contributed by atoms with Gasteiger partial charge in [0.05, 0.1) is 5.60 Å². The van der Waals surface area contributed by atoms with Crippen LogP contribution in [0.2, 0.25) is 0 Å². The highest BCUT2D eigenvalue weighted by atomic mass is 16.3. The van der Waals surface area contributed by atoms with E-state index in [1.807, 2.05) is 0 Å². The van der Waals surface area contributed by atoms with Gasteiger partial charge < -0.3 is 5.11 Å². The van der Waals surface area contributed by atoms with Gasteiger partial charge in [0.1, 0.15) is 0 Å². The summed E-state index contributed by atoms with van der Waals surface area (Å²) in [7, 11) is 0. The number of hydrogen-bond acceptors (Lipinski definition) is 1. The van der Waals surface area contributed by atoms with Gasteiger partial charge in [-0.2, -0.15) is 0 Å². The van der Waals surface area contributed by atoms with Gasteiger partial charge in [0.25, 0.3) is 0 Å². The summed E-state index contributed by atoms with van der Waals surface area (Å²) in [5.74, 6) is 0.660. The molecule has 22 heavy (non-hydrogen) atoms. The first kappa shape index (κ1) is 14.0. The van der Waals surface area contributed by atoms with Crippen molar-refractivity contribution in [1.82, 2.24) is 0 Å². The number of fused-ring (bicyclic) bond motifs is 2. The lowest BCUT2D eigenvalue weighted by atomic mass is 9.64. The summed E-state index contributed by atoms with van der Waals surface area (Å²) in [6.45, 7) is 4.23. The predicted octanol–water partition coefficient (Wildman–Crippen LogP) is 4.63. The lowest BCUT2D eigenvalue weighted by molar-refractivity contribution is -0.0392. The van der Waals surface area contributed by atoms with E-state index in [0.29, 0.717) is 5.92 Å². The molecule has 0 aromatic heterocycles. The minimum atomic E-state index is -0.709. The van der Waals surface area contributed by atoms with Crippen molar-refractivity contribution in [3.63, 3.8) is 0 Å². The fourth-order valence-corrected chi connectivity index (χ4v) is 4.91. The molecule has 0 amide bonds. The Morgan fingerprint density at radius 3 is 1.91 bits per heavy atom. The van der Waals surface area contributed by atoms with Gasteiger partial charge in [0, 0.05) is 5.41 Å². The summed E-state index contributed by atoms with van der Waals surface area (Å²) >= 11 is 0.